The van der Waals surface area contributed by atoms with Crippen molar-refractivity contribution in [2.24, 2.45) is 0 Å². The molecule has 0 bridgehead atoms. The van der Waals surface area contributed by atoms with Gasteiger partial charge in [0.2, 0.25) is 0 Å². The number of carbonyl (C=O) groups excluding carboxylic acids is 4. The third-order valence-electron chi connectivity index (χ3n) is 5.57. The van der Waals surface area contributed by atoms with E-state index in [1.54, 1.807) is 30.3 Å². The van der Waals surface area contributed by atoms with Crippen LogP contribution in [-0.2, 0) is 10.3 Å². The van der Waals surface area contributed by atoms with E-state index in [-0.39, 0.29) is 17.0 Å². The molecule has 4 rings (SSSR count). The molecule has 1 unspecified atom stereocenters. The number of anilines is 1. The zero-order valence-corrected chi connectivity index (χ0v) is 18.0. The molecule has 0 aliphatic carbocycles. The lowest BCUT2D eigenvalue weighted by Crippen LogP contribution is -2.41. The molecule has 0 saturated carbocycles. The highest BCUT2D eigenvalue weighted by Crippen LogP contribution is 2.30. The normalized spacial score (nSPS) is 17.4. The van der Waals surface area contributed by atoms with Crippen LogP contribution in [0.5, 0.6) is 0 Å². The monoisotopic (exact) mass is 463 g/mol. The van der Waals surface area contributed by atoms with Crippen LogP contribution in [0.3, 0.4) is 0 Å². The maximum atomic E-state index is 13.7. The topological polar surface area (TPSA) is 95.6 Å². The molecule has 34 heavy (non-hydrogen) atoms. The van der Waals surface area contributed by atoms with Crippen LogP contribution in [0.25, 0.3) is 0 Å². The van der Waals surface area contributed by atoms with Gasteiger partial charge in [-0.2, -0.15) is 0 Å². The summed E-state index contributed by atoms with van der Waals surface area (Å²) in [6.45, 7) is 0.814. The fourth-order valence-corrected chi connectivity index (χ4v) is 3.61. The second kappa shape index (κ2) is 8.86. The van der Waals surface area contributed by atoms with Gasteiger partial charge in [-0.1, -0.05) is 24.3 Å². The van der Waals surface area contributed by atoms with E-state index in [0.717, 1.165) is 17.0 Å². The lowest BCUT2D eigenvalue weighted by molar-refractivity contribution is -0.130. The lowest BCUT2D eigenvalue weighted by Gasteiger charge is -2.22. The summed E-state index contributed by atoms with van der Waals surface area (Å²) in [5.41, 5.74) is -0.424. The van der Waals surface area contributed by atoms with Crippen LogP contribution < -0.4 is 10.6 Å². The molecule has 3 aromatic rings. The van der Waals surface area contributed by atoms with Gasteiger partial charge in [0, 0.05) is 16.8 Å². The van der Waals surface area contributed by atoms with Crippen LogP contribution in [0.2, 0.25) is 0 Å². The average Bonchev–Trinajstić information content (AvgIpc) is 3.05. The third-order valence-corrected chi connectivity index (χ3v) is 5.57. The Labute approximate surface area is 193 Å². The average molecular weight is 463 g/mol. The first-order valence-corrected chi connectivity index (χ1v) is 10.3. The summed E-state index contributed by atoms with van der Waals surface area (Å²) in [5.74, 6) is -3.83. The molecule has 0 spiro atoms. The Morgan fingerprint density at radius 2 is 1.59 bits per heavy atom. The summed E-state index contributed by atoms with van der Waals surface area (Å²) >= 11 is 0. The fourth-order valence-electron chi connectivity index (χ4n) is 3.61. The number of urea groups is 1. The van der Waals surface area contributed by atoms with Crippen LogP contribution in [0.15, 0.2) is 72.8 Å². The number of benzene rings is 3. The van der Waals surface area contributed by atoms with Gasteiger partial charge in [0.05, 0.1) is 6.54 Å². The largest absolute Gasteiger partial charge is 0.325 e. The summed E-state index contributed by atoms with van der Waals surface area (Å²) in [6.07, 6.45) is 0. The van der Waals surface area contributed by atoms with E-state index in [2.05, 4.69) is 10.6 Å². The number of halogens is 2. The van der Waals surface area contributed by atoms with Crippen molar-refractivity contribution in [1.82, 2.24) is 10.2 Å². The van der Waals surface area contributed by atoms with E-state index in [9.17, 15) is 28.0 Å². The Hall–Kier alpha value is -4.40. The predicted molar refractivity (Wildman–Crippen MR) is 119 cm³/mol. The molecule has 1 atom stereocenters. The molecule has 4 amide bonds. The zero-order chi connectivity index (χ0) is 24.5. The molecule has 1 fully saturated rings. The Bertz CT molecular complexity index is 1300. The van der Waals surface area contributed by atoms with Crippen molar-refractivity contribution in [2.45, 2.75) is 12.5 Å². The molecule has 1 heterocycles. The first-order valence-electron chi connectivity index (χ1n) is 10.3. The molecule has 2 N–H and O–H groups in total. The molecular formula is C25H19F2N3O4. The predicted octanol–water partition coefficient (Wildman–Crippen LogP) is 3.87. The summed E-state index contributed by atoms with van der Waals surface area (Å²) in [6, 6.07) is 16.7. The number of hydrogen-bond donors (Lipinski definition) is 2. The van der Waals surface area contributed by atoms with Crippen LogP contribution in [-0.4, -0.2) is 35.1 Å². The first kappa shape index (κ1) is 22.8. The summed E-state index contributed by atoms with van der Waals surface area (Å²) in [5, 5.41) is 5.16. The summed E-state index contributed by atoms with van der Waals surface area (Å²) in [4.78, 5) is 51.1. The number of hydrogen-bond acceptors (Lipinski definition) is 4. The highest BCUT2D eigenvalue weighted by atomic mass is 19.2. The molecule has 9 heteroatoms. The minimum Gasteiger partial charge on any atom is -0.322 e. The van der Waals surface area contributed by atoms with E-state index < -0.39 is 41.4 Å². The number of imide groups is 1. The van der Waals surface area contributed by atoms with E-state index in [4.69, 9.17) is 0 Å². The van der Waals surface area contributed by atoms with Crippen molar-refractivity contribution >= 4 is 29.3 Å². The van der Waals surface area contributed by atoms with Crippen molar-refractivity contribution in [3.05, 3.63) is 101 Å². The van der Waals surface area contributed by atoms with Gasteiger partial charge in [-0.3, -0.25) is 19.3 Å². The van der Waals surface area contributed by atoms with Crippen molar-refractivity contribution in [3.63, 3.8) is 0 Å². The maximum absolute atomic E-state index is 13.7. The molecule has 0 aromatic heterocycles. The molecular weight excluding hydrogens is 444 g/mol. The highest BCUT2D eigenvalue weighted by Gasteiger charge is 2.49. The summed E-state index contributed by atoms with van der Waals surface area (Å²) < 4.78 is 27.0. The number of rotatable bonds is 6. The minimum atomic E-state index is -1.64. The van der Waals surface area contributed by atoms with Gasteiger partial charge in [-0.05, 0) is 61.0 Å². The highest BCUT2D eigenvalue weighted by molar-refractivity contribution is 6.11. The second-order valence-corrected chi connectivity index (χ2v) is 7.90. The standard InChI is InChI=1S/C25H19F2N3O4/c1-25(17-9-12-19(26)20(27)13-17)23(33)30(24(34)29-25)14-21(31)15-7-10-18(11-8-15)28-22(32)16-5-3-2-4-6-16/h2-13H,14H2,1H3,(H,28,32)(H,29,34). The quantitative estimate of drug-likeness (QED) is 0.429. The lowest BCUT2D eigenvalue weighted by atomic mass is 9.92. The first-order chi connectivity index (χ1) is 16.2. The summed E-state index contributed by atoms with van der Waals surface area (Å²) in [7, 11) is 0. The number of amides is 4. The minimum absolute atomic E-state index is 0.0539. The molecule has 172 valence electrons. The Morgan fingerprint density at radius 1 is 0.912 bits per heavy atom. The molecule has 0 radical (unpaired) electrons. The van der Waals surface area contributed by atoms with E-state index in [1.807, 2.05) is 0 Å². The van der Waals surface area contributed by atoms with E-state index in [1.165, 1.54) is 37.3 Å². The van der Waals surface area contributed by atoms with E-state index in [0.29, 0.717) is 11.3 Å². The number of nitrogens with zero attached hydrogens (tertiary/aromatic N) is 1. The number of ketones is 1. The smallest absolute Gasteiger partial charge is 0.322 e. The van der Waals surface area contributed by atoms with Gasteiger partial charge >= 0.3 is 6.03 Å². The van der Waals surface area contributed by atoms with Gasteiger partial charge in [0.1, 0.15) is 5.54 Å². The van der Waals surface area contributed by atoms with Crippen molar-refractivity contribution in [3.8, 4) is 0 Å². The van der Waals surface area contributed by atoms with Crippen molar-refractivity contribution < 1.29 is 28.0 Å². The third kappa shape index (κ3) is 4.27. The Morgan fingerprint density at radius 3 is 2.24 bits per heavy atom. The molecule has 3 aromatic carbocycles. The Balaban J connectivity index is 1.45. The van der Waals surface area contributed by atoms with Gasteiger partial charge in [0.25, 0.3) is 11.8 Å². The van der Waals surface area contributed by atoms with E-state index >= 15 is 0 Å². The van der Waals surface area contributed by atoms with Gasteiger partial charge in [0.15, 0.2) is 17.4 Å². The zero-order valence-electron chi connectivity index (χ0n) is 18.0. The van der Waals surface area contributed by atoms with Crippen LogP contribution in [0.4, 0.5) is 19.3 Å². The number of Topliss-reactive ketones (excluding diaryl/α,β-unsaturated/α-hetero) is 1. The van der Waals surface area contributed by atoms with Crippen LogP contribution in [0.1, 0.15) is 33.2 Å². The maximum Gasteiger partial charge on any atom is 0.325 e. The molecule has 1 aliphatic heterocycles. The van der Waals surface area contributed by atoms with Gasteiger partial charge in [-0.15, -0.1) is 0 Å². The molecule has 7 nitrogen and oxygen atoms in total. The molecule has 1 saturated heterocycles. The number of carbonyl (C=O) groups is 4. The van der Waals surface area contributed by atoms with Crippen molar-refractivity contribution in [1.29, 1.82) is 0 Å². The number of nitrogens with one attached hydrogen (secondary N) is 2. The van der Waals surface area contributed by atoms with Gasteiger partial charge in [-0.25, -0.2) is 13.6 Å². The Kier molecular flexibility index (Phi) is 5.93. The van der Waals surface area contributed by atoms with Crippen LogP contribution in [0, 0.1) is 11.6 Å². The van der Waals surface area contributed by atoms with Crippen LogP contribution >= 0.6 is 0 Å². The van der Waals surface area contributed by atoms with Crippen molar-refractivity contribution in [2.75, 3.05) is 11.9 Å². The molecule has 1 aliphatic rings. The van der Waals surface area contributed by atoms with Gasteiger partial charge < -0.3 is 10.6 Å². The second-order valence-electron chi connectivity index (χ2n) is 7.90. The fraction of sp³-hybridized carbons (Fsp3) is 0.120. The SMILES string of the molecule is CC1(c2ccc(F)c(F)c2)NC(=O)N(CC(=O)c2ccc(NC(=O)c3ccccc3)cc2)C1=O.